The number of likely N-dealkylation sites (tertiary alicyclic amines) is 1. The van der Waals surface area contributed by atoms with Crippen molar-refractivity contribution in [3.05, 3.63) is 59.9 Å². The van der Waals surface area contributed by atoms with Crippen molar-refractivity contribution in [3.8, 4) is 0 Å². The van der Waals surface area contributed by atoms with Crippen molar-refractivity contribution < 1.29 is 14.0 Å². The topological polar surface area (TPSA) is 64.7 Å². The summed E-state index contributed by atoms with van der Waals surface area (Å²) in [5, 5.41) is 5.56. The molecule has 0 aromatic heterocycles. The van der Waals surface area contributed by atoms with E-state index in [-0.39, 0.29) is 23.9 Å². The van der Waals surface area contributed by atoms with Gasteiger partial charge in [0.15, 0.2) is 0 Å². The molecular formula is C20H21FN4O2. The van der Waals surface area contributed by atoms with Crippen LogP contribution in [0.15, 0.2) is 48.5 Å². The molecule has 0 saturated carbocycles. The number of hydrogen-bond donors (Lipinski definition) is 2. The van der Waals surface area contributed by atoms with Gasteiger partial charge in [-0.05, 0) is 48.7 Å². The van der Waals surface area contributed by atoms with E-state index in [2.05, 4.69) is 16.7 Å². The molecule has 1 saturated heterocycles. The molecule has 2 aliphatic heterocycles. The zero-order valence-electron chi connectivity index (χ0n) is 14.8. The zero-order valence-corrected chi connectivity index (χ0v) is 14.8. The predicted octanol–water partition coefficient (Wildman–Crippen LogP) is 3.20. The lowest BCUT2D eigenvalue weighted by molar-refractivity contribution is 0.214. The smallest absolute Gasteiger partial charge is 0.324 e. The summed E-state index contributed by atoms with van der Waals surface area (Å²) in [6, 6.07) is 13.1. The molecule has 4 rings (SSSR count). The standard InChI is InChI=1S/C20H21FN4O2/c21-15-5-7-16(8-6-15)22-19(26)23-17-10-11-24(13-17)20(27)25-12-9-14-3-1-2-4-18(14)25/h1-8,17H,9-13H2,(H2,22,23,26). The van der Waals surface area contributed by atoms with Gasteiger partial charge < -0.3 is 15.5 Å². The summed E-state index contributed by atoms with van der Waals surface area (Å²) in [6.07, 6.45) is 1.58. The molecule has 0 aliphatic carbocycles. The molecule has 4 amide bonds. The molecule has 7 heteroatoms. The Morgan fingerprint density at radius 1 is 1.04 bits per heavy atom. The Morgan fingerprint density at radius 3 is 2.63 bits per heavy atom. The molecule has 2 aromatic carbocycles. The molecule has 2 aromatic rings. The number of carbonyl (C=O) groups is 2. The predicted molar refractivity (Wildman–Crippen MR) is 101 cm³/mol. The third-order valence-corrected chi connectivity index (χ3v) is 5.01. The summed E-state index contributed by atoms with van der Waals surface area (Å²) in [5.74, 6) is -0.352. The Kier molecular flexibility index (Phi) is 4.66. The van der Waals surface area contributed by atoms with Crippen molar-refractivity contribution in [1.29, 1.82) is 0 Å². The van der Waals surface area contributed by atoms with E-state index in [1.807, 2.05) is 23.1 Å². The van der Waals surface area contributed by atoms with E-state index in [1.54, 1.807) is 4.90 Å². The molecule has 1 unspecified atom stereocenters. The average molecular weight is 368 g/mol. The number of rotatable bonds is 2. The van der Waals surface area contributed by atoms with Crippen LogP contribution < -0.4 is 15.5 Å². The third kappa shape index (κ3) is 3.72. The van der Waals surface area contributed by atoms with Crippen LogP contribution in [0.2, 0.25) is 0 Å². The fourth-order valence-electron chi connectivity index (χ4n) is 3.65. The Hall–Kier alpha value is -3.09. The minimum Gasteiger partial charge on any atom is -0.333 e. The van der Waals surface area contributed by atoms with E-state index in [9.17, 15) is 14.0 Å². The van der Waals surface area contributed by atoms with Crippen LogP contribution in [0, 0.1) is 5.82 Å². The molecule has 2 aliphatic rings. The van der Waals surface area contributed by atoms with E-state index in [0.717, 1.165) is 12.1 Å². The van der Waals surface area contributed by atoms with Gasteiger partial charge in [0.1, 0.15) is 5.82 Å². The van der Waals surface area contributed by atoms with Gasteiger partial charge in [-0.25, -0.2) is 14.0 Å². The van der Waals surface area contributed by atoms with E-state index < -0.39 is 0 Å². The van der Waals surface area contributed by atoms with E-state index >= 15 is 0 Å². The molecule has 0 radical (unpaired) electrons. The molecule has 1 atom stereocenters. The Balaban J connectivity index is 1.31. The first-order chi connectivity index (χ1) is 13.1. The third-order valence-electron chi connectivity index (χ3n) is 5.01. The number of anilines is 2. The maximum Gasteiger partial charge on any atom is 0.324 e. The van der Waals surface area contributed by atoms with Crippen LogP contribution in [0.5, 0.6) is 0 Å². The van der Waals surface area contributed by atoms with Gasteiger partial charge in [0, 0.05) is 37.1 Å². The van der Waals surface area contributed by atoms with Crippen molar-refractivity contribution in [2.24, 2.45) is 0 Å². The molecule has 2 heterocycles. The maximum atomic E-state index is 12.9. The number of urea groups is 2. The summed E-state index contributed by atoms with van der Waals surface area (Å²) >= 11 is 0. The summed E-state index contributed by atoms with van der Waals surface area (Å²) in [7, 11) is 0. The fraction of sp³-hybridized carbons (Fsp3) is 0.300. The second-order valence-electron chi connectivity index (χ2n) is 6.85. The lowest BCUT2D eigenvalue weighted by atomic mass is 10.2. The number of carbonyl (C=O) groups excluding carboxylic acids is 2. The van der Waals surface area contributed by atoms with Crippen molar-refractivity contribution >= 4 is 23.4 Å². The first-order valence-electron chi connectivity index (χ1n) is 9.07. The van der Waals surface area contributed by atoms with Crippen LogP contribution in [-0.2, 0) is 6.42 Å². The summed E-state index contributed by atoms with van der Waals surface area (Å²) in [4.78, 5) is 28.6. The molecule has 140 valence electrons. The van der Waals surface area contributed by atoms with Gasteiger partial charge in [0.25, 0.3) is 0 Å². The number of amides is 4. The van der Waals surface area contributed by atoms with Gasteiger partial charge in [-0.3, -0.25) is 4.90 Å². The maximum absolute atomic E-state index is 12.9. The molecule has 2 N–H and O–H groups in total. The Morgan fingerprint density at radius 2 is 1.81 bits per heavy atom. The van der Waals surface area contributed by atoms with Crippen LogP contribution in [0.25, 0.3) is 0 Å². The van der Waals surface area contributed by atoms with Gasteiger partial charge in [-0.15, -0.1) is 0 Å². The SMILES string of the molecule is O=C(Nc1ccc(F)cc1)NC1CCN(C(=O)N2CCc3ccccc32)C1. The van der Waals surface area contributed by atoms with Gasteiger partial charge in [0.05, 0.1) is 0 Å². The highest BCUT2D eigenvalue weighted by molar-refractivity contribution is 5.94. The average Bonchev–Trinajstić information content (AvgIpc) is 3.30. The number of fused-ring (bicyclic) bond motifs is 1. The largest absolute Gasteiger partial charge is 0.333 e. The molecule has 6 nitrogen and oxygen atoms in total. The molecule has 0 spiro atoms. The molecule has 0 bridgehead atoms. The summed E-state index contributed by atoms with van der Waals surface area (Å²) in [5.41, 5.74) is 2.69. The van der Waals surface area contributed by atoms with Gasteiger partial charge in [-0.2, -0.15) is 0 Å². The highest BCUT2D eigenvalue weighted by atomic mass is 19.1. The van der Waals surface area contributed by atoms with Gasteiger partial charge in [-0.1, -0.05) is 18.2 Å². The monoisotopic (exact) mass is 368 g/mol. The van der Waals surface area contributed by atoms with Crippen LogP contribution in [0.3, 0.4) is 0 Å². The number of nitrogens with one attached hydrogen (secondary N) is 2. The lowest BCUT2D eigenvalue weighted by Crippen LogP contribution is -2.44. The quantitative estimate of drug-likeness (QED) is 0.855. The Labute approximate surface area is 157 Å². The Bertz CT molecular complexity index is 855. The summed E-state index contributed by atoms with van der Waals surface area (Å²) < 4.78 is 12.9. The van der Waals surface area contributed by atoms with Crippen molar-refractivity contribution in [3.63, 3.8) is 0 Å². The minimum absolute atomic E-state index is 0.0109. The second kappa shape index (κ2) is 7.26. The lowest BCUT2D eigenvalue weighted by Gasteiger charge is -2.25. The van der Waals surface area contributed by atoms with E-state index in [4.69, 9.17) is 0 Å². The van der Waals surface area contributed by atoms with Crippen molar-refractivity contribution in [2.75, 3.05) is 29.9 Å². The number of hydrogen-bond acceptors (Lipinski definition) is 2. The number of halogens is 1. The van der Waals surface area contributed by atoms with Crippen molar-refractivity contribution in [1.82, 2.24) is 10.2 Å². The molecular weight excluding hydrogens is 347 g/mol. The van der Waals surface area contributed by atoms with Gasteiger partial charge >= 0.3 is 12.1 Å². The zero-order chi connectivity index (χ0) is 18.8. The molecule has 27 heavy (non-hydrogen) atoms. The minimum atomic E-state index is -0.354. The number of para-hydroxylation sites is 1. The van der Waals surface area contributed by atoms with Crippen LogP contribution >= 0.6 is 0 Å². The second-order valence-corrected chi connectivity index (χ2v) is 6.85. The number of benzene rings is 2. The fourth-order valence-corrected chi connectivity index (χ4v) is 3.65. The first kappa shape index (κ1) is 17.3. The summed E-state index contributed by atoms with van der Waals surface area (Å²) in [6.45, 7) is 1.78. The normalized spacial score (nSPS) is 18.3. The highest BCUT2D eigenvalue weighted by Crippen LogP contribution is 2.29. The van der Waals surface area contributed by atoms with Crippen LogP contribution in [0.1, 0.15) is 12.0 Å². The van der Waals surface area contributed by atoms with Gasteiger partial charge in [0.2, 0.25) is 0 Å². The molecule has 1 fully saturated rings. The van der Waals surface area contributed by atoms with E-state index in [1.165, 1.54) is 29.8 Å². The number of nitrogens with zero attached hydrogens (tertiary/aromatic N) is 2. The van der Waals surface area contributed by atoms with Crippen LogP contribution in [0.4, 0.5) is 25.4 Å². The van der Waals surface area contributed by atoms with Crippen LogP contribution in [-0.4, -0.2) is 42.6 Å². The highest BCUT2D eigenvalue weighted by Gasteiger charge is 2.33. The first-order valence-corrected chi connectivity index (χ1v) is 9.07. The van der Waals surface area contributed by atoms with E-state index in [0.29, 0.717) is 31.7 Å². The van der Waals surface area contributed by atoms with Crippen molar-refractivity contribution in [2.45, 2.75) is 18.9 Å².